The van der Waals surface area contributed by atoms with Gasteiger partial charge in [-0.1, -0.05) is 5.10 Å². The lowest BCUT2D eigenvalue weighted by Crippen LogP contribution is -2.59. The van der Waals surface area contributed by atoms with Crippen LogP contribution in [0.1, 0.15) is 0 Å². The Morgan fingerprint density at radius 1 is 0.724 bits per heavy atom. The zero-order valence-corrected chi connectivity index (χ0v) is 13.3. The van der Waals surface area contributed by atoms with Crippen LogP contribution in [0, 0.1) is 60.7 Å². The minimum atomic E-state index is -3.99. The number of hydrogen-bond acceptors (Lipinski definition) is 17. The molecule has 158 valence electrons. The third-order valence-corrected chi connectivity index (χ3v) is 3.17. The summed E-state index contributed by atoms with van der Waals surface area (Å²) in [6, 6.07) is 0. The highest BCUT2D eigenvalue weighted by atomic mass is 16.7. The van der Waals surface area contributed by atoms with Crippen molar-refractivity contribution in [3.63, 3.8) is 0 Å². The lowest BCUT2D eigenvalue weighted by atomic mass is 10.4. The highest BCUT2D eigenvalue weighted by Gasteiger charge is 2.71. The van der Waals surface area contributed by atoms with Crippen LogP contribution in [-0.2, 0) is 0 Å². The van der Waals surface area contributed by atoms with Gasteiger partial charge in [-0.15, -0.1) is 4.79 Å². The molecule has 2 N–H and O–H groups in total. The van der Waals surface area contributed by atoms with Gasteiger partial charge in [0.15, 0.2) is 29.5 Å². The van der Waals surface area contributed by atoms with E-state index in [-0.39, 0.29) is 4.79 Å². The van der Waals surface area contributed by atoms with Crippen LogP contribution in [0.5, 0.6) is 0 Å². The average Bonchev–Trinajstić information content (AvgIpc) is 3.01. The molecule has 0 amide bonds. The largest absolute Gasteiger partial charge is 0.718 e. The number of aromatic nitrogens is 4. The van der Waals surface area contributed by atoms with E-state index >= 15 is 0 Å². The molecule has 0 radical (unpaired) electrons. The van der Waals surface area contributed by atoms with Crippen molar-refractivity contribution in [3.8, 4) is 0 Å². The van der Waals surface area contributed by atoms with Gasteiger partial charge in [-0.2, -0.15) is 0 Å². The Balaban J connectivity index is 3.12. The summed E-state index contributed by atoms with van der Waals surface area (Å²) in [5.74, 6) is -8.86. The van der Waals surface area contributed by atoms with Gasteiger partial charge in [-0.3, -0.25) is 66.1 Å². The second-order valence-electron chi connectivity index (χ2n) is 4.69. The van der Waals surface area contributed by atoms with E-state index in [1.165, 1.54) is 0 Å². The molecule has 0 fully saturated rings. The maximum atomic E-state index is 10.8. The number of rotatable bonds is 12. The third kappa shape index (κ3) is 3.64. The summed E-state index contributed by atoms with van der Waals surface area (Å²) in [6.45, 7) is -3.31. The monoisotopic (exact) mass is 426 g/mol. The van der Waals surface area contributed by atoms with Crippen LogP contribution in [0.2, 0.25) is 0 Å². The Kier molecular flexibility index (Phi) is 5.91. The summed E-state index contributed by atoms with van der Waals surface area (Å²) >= 11 is 0. The Morgan fingerprint density at radius 2 is 1.10 bits per heavy atom. The zero-order valence-electron chi connectivity index (χ0n) is 13.3. The molecule has 0 aromatic carbocycles. The quantitative estimate of drug-likeness (QED) is 0.187. The summed E-state index contributed by atoms with van der Waals surface area (Å²) in [6.07, 6.45) is 0. The predicted octanol–water partition coefficient (Wildman–Crippen LogP) is -3.40. The molecule has 29 heavy (non-hydrogen) atoms. The number of nitrogens with zero attached hydrogens (tertiary/aromatic N) is 10. The van der Waals surface area contributed by atoms with Crippen LogP contribution in [0.15, 0.2) is 0 Å². The smallest absolute Gasteiger partial charge is 0.331 e. The van der Waals surface area contributed by atoms with E-state index in [1.54, 1.807) is 10.7 Å². The van der Waals surface area contributed by atoms with E-state index in [0.717, 1.165) is 0 Å². The first-order valence-corrected chi connectivity index (χ1v) is 6.47. The van der Waals surface area contributed by atoms with Gasteiger partial charge in [0.1, 0.15) is 0 Å². The fraction of sp³-hybridized carbons (Fsp3) is 0.800. The fourth-order valence-corrected chi connectivity index (χ4v) is 1.57. The number of hydrogen-bond donors (Lipinski definition) is 2. The SMILES string of the molecule is O=[N+]([O-])C(CNc1nnnn1NCC([N+](=O)[O-])([N+](=O)[O-])[N+](=O)[O-])([N+](=O)[O-])[N+](=O)[O-]. The fourth-order valence-electron chi connectivity index (χ4n) is 1.57. The molecule has 0 spiro atoms. The Labute approximate surface area is 153 Å². The van der Waals surface area contributed by atoms with Gasteiger partial charge in [-0.05, 0) is 10.4 Å². The second kappa shape index (κ2) is 7.75. The van der Waals surface area contributed by atoms with E-state index in [0.29, 0.717) is 0 Å². The van der Waals surface area contributed by atoms with Crippen LogP contribution in [0.3, 0.4) is 0 Å². The minimum Gasteiger partial charge on any atom is -0.331 e. The molecule has 1 heterocycles. The zero-order chi connectivity index (χ0) is 22.6. The Hall–Kier alpha value is -4.93. The summed E-state index contributed by atoms with van der Waals surface area (Å²) < 4.78 is 0. The standard InChI is InChI=1S/C5H6N12O12/c18-12(19)4(13(20)21,14(22)23)1-6-3-8-9-10-11(3)7-2-5(15(24)25,16(26)27)17(28)29/h7H,1-2H2,(H,6,8,10). The lowest BCUT2D eigenvalue weighted by Gasteiger charge is -2.12. The third-order valence-electron chi connectivity index (χ3n) is 3.17. The normalized spacial score (nSPS) is 11.3. The molecule has 0 saturated carbocycles. The molecular formula is C5H6N12O12. The van der Waals surface area contributed by atoms with Crippen LogP contribution < -0.4 is 10.7 Å². The molecular weight excluding hydrogens is 420 g/mol. The van der Waals surface area contributed by atoms with Crippen molar-refractivity contribution in [1.82, 2.24) is 20.3 Å². The van der Waals surface area contributed by atoms with Crippen LogP contribution in [0.4, 0.5) is 5.95 Å². The van der Waals surface area contributed by atoms with Gasteiger partial charge in [0.25, 0.3) is 12.5 Å². The van der Waals surface area contributed by atoms with E-state index in [2.05, 4.69) is 15.5 Å². The predicted molar refractivity (Wildman–Crippen MR) is 78.0 cm³/mol. The van der Waals surface area contributed by atoms with Gasteiger partial charge in [-0.25, -0.2) is 0 Å². The van der Waals surface area contributed by atoms with Crippen molar-refractivity contribution < 1.29 is 29.5 Å². The van der Waals surface area contributed by atoms with E-state index in [4.69, 9.17) is 0 Å². The Bertz CT molecular complexity index is 736. The van der Waals surface area contributed by atoms with E-state index in [9.17, 15) is 60.7 Å². The van der Waals surface area contributed by atoms with Crippen molar-refractivity contribution in [2.75, 3.05) is 23.8 Å². The second-order valence-corrected chi connectivity index (χ2v) is 4.69. The molecule has 1 rings (SSSR count). The molecule has 24 heteroatoms. The van der Waals surface area contributed by atoms with Gasteiger partial charge < -0.3 is 5.32 Å². The van der Waals surface area contributed by atoms with E-state index in [1.807, 2.05) is 0 Å². The van der Waals surface area contributed by atoms with Crippen molar-refractivity contribution in [1.29, 1.82) is 0 Å². The first-order valence-electron chi connectivity index (χ1n) is 6.47. The van der Waals surface area contributed by atoms with E-state index < -0.39 is 60.2 Å². The summed E-state index contributed by atoms with van der Waals surface area (Å²) in [7, 11) is 0. The topological polar surface area (TPSA) is 326 Å². The van der Waals surface area contributed by atoms with Crippen molar-refractivity contribution >= 4 is 5.95 Å². The maximum absolute atomic E-state index is 10.8. The summed E-state index contributed by atoms with van der Waals surface area (Å²) in [5.41, 5.74) is 1.69. The molecule has 24 nitrogen and oxygen atoms in total. The van der Waals surface area contributed by atoms with Crippen LogP contribution in [-0.4, -0.2) is 74.5 Å². The van der Waals surface area contributed by atoms with Gasteiger partial charge >= 0.3 is 11.6 Å². The number of anilines is 1. The van der Waals surface area contributed by atoms with Gasteiger partial charge in [0, 0.05) is 0 Å². The van der Waals surface area contributed by atoms with Gasteiger partial charge in [0.2, 0.25) is 6.54 Å². The molecule has 0 aliphatic heterocycles. The van der Waals surface area contributed by atoms with Crippen LogP contribution >= 0.6 is 0 Å². The van der Waals surface area contributed by atoms with Gasteiger partial charge in [0.05, 0.1) is 0 Å². The molecule has 0 unspecified atom stereocenters. The molecule has 0 bridgehead atoms. The first-order chi connectivity index (χ1) is 13.3. The minimum absolute atomic E-state index is 0.149. The summed E-state index contributed by atoms with van der Waals surface area (Å²) in [4.78, 5) is 54.0. The highest BCUT2D eigenvalue weighted by Crippen LogP contribution is 2.15. The summed E-state index contributed by atoms with van der Waals surface area (Å²) in [5, 5.41) is 75.6. The molecule has 0 aliphatic carbocycles. The lowest BCUT2D eigenvalue weighted by molar-refractivity contribution is -0.965. The maximum Gasteiger partial charge on any atom is 0.718 e. The molecule has 1 aromatic heterocycles. The highest BCUT2D eigenvalue weighted by molar-refractivity contribution is 5.22. The van der Waals surface area contributed by atoms with Crippen molar-refractivity contribution in [3.05, 3.63) is 60.7 Å². The van der Waals surface area contributed by atoms with Crippen molar-refractivity contribution in [2.24, 2.45) is 0 Å². The number of nitro groups is 6. The van der Waals surface area contributed by atoms with Crippen LogP contribution in [0.25, 0.3) is 0 Å². The molecule has 1 aromatic rings. The number of nitrogens with one attached hydrogen (secondary N) is 2. The molecule has 0 aliphatic rings. The van der Waals surface area contributed by atoms with Crippen molar-refractivity contribution in [2.45, 2.75) is 11.6 Å². The molecule has 0 atom stereocenters. The Morgan fingerprint density at radius 3 is 1.48 bits per heavy atom. The number of tetrazole rings is 1. The molecule has 0 saturated heterocycles. The first kappa shape index (κ1) is 22.1. The average molecular weight is 426 g/mol.